The van der Waals surface area contributed by atoms with E-state index in [0.717, 1.165) is 70.2 Å². The summed E-state index contributed by atoms with van der Waals surface area (Å²) in [4.78, 5) is 13.4. The Bertz CT molecular complexity index is 748. The molecule has 0 atom stereocenters. The summed E-state index contributed by atoms with van der Waals surface area (Å²) >= 11 is 5.82. The molecule has 0 saturated carbocycles. The molecule has 3 rings (SSSR count). The lowest BCUT2D eigenvalue weighted by Gasteiger charge is -2.36. The van der Waals surface area contributed by atoms with Gasteiger partial charge in [0.1, 0.15) is 5.15 Å². The van der Waals surface area contributed by atoms with Crippen LogP contribution in [-0.2, 0) is 6.42 Å². The molecule has 2 aromatic rings. The Labute approximate surface area is 202 Å². The number of para-hydroxylation sites is 1. The Kier molecular flexibility index (Phi) is 11.2. The first-order valence-corrected chi connectivity index (χ1v) is 10.7. The quantitative estimate of drug-likeness (QED) is 0.176. The predicted octanol–water partition coefficient (Wildman–Crippen LogP) is 3.27. The number of hydrogen-bond acceptors (Lipinski definition) is 4. The van der Waals surface area contributed by atoms with Crippen LogP contribution in [0.3, 0.4) is 0 Å². The number of hydrogen-bond donors (Lipinski definition) is 2. The summed E-state index contributed by atoms with van der Waals surface area (Å²) in [7, 11) is 1.81. The average molecular weight is 543 g/mol. The van der Waals surface area contributed by atoms with Crippen LogP contribution < -0.4 is 15.5 Å². The van der Waals surface area contributed by atoms with E-state index in [1.165, 1.54) is 5.69 Å². The highest BCUT2D eigenvalue weighted by atomic mass is 127. The van der Waals surface area contributed by atoms with Crippen LogP contribution in [0.4, 0.5) is 5.69 Å². The summed E-state index contributed by atoms with van der Waals surface area (Å²) in [5.74, 6) is 0.848. The minimum Gasteiger partial charge on any atom is -0.369 e. The van der Waals surface area contributed by atoms with E-state index in [1.807, 2.05) is 25.4 Å². The van der Waals surface area contributed by atoms with Gasteiger partial charge >= 0.3 is 0 Å². The number of aliphatic imine (C=N–C) groups is 1. The first-order valence-electron chi connectivity index (χ1n) is 10.3. The number of nitrogens with zero attached hydrogens (tertiary/aromatic N) is 4. The van der Waals surface area contributed by atoms with Gasteiger partial charge in [0.15, 0.2) is 5.96 Å². The maximum absolute atomic E-state index is 5.82. The van der Waals surface area contributed by atoms with Crippen molar-refractivity contribution in [2.75, 3.05) is 57.8 Å². The Hall–Kier alpha value is -1.58. The van der Waals surface area contributed by atoms with Gasteiger partial charge in [0.25, 0.3) is 0 Å². The highest BCUT2D eigenvalue weighted by Crippen LogP contribution is 2.15. The van der Waals surface area contributed by atoms with Crippen LogP contribution in [0, 0.1) is 0 Å². The fraction of sp³-hybridized carbons (Fsp3) is 0.455. The lowest BCUT2D eigenvalue weighted by Crippen LogP contribution is -2.47. The largest absolute Gasteiger partial charge is 0.369 e. The molecular formula is C22H32ClIN6. The van der Waals surface area contributed by atoms with E-state index in [1.54, 1.807) is 0 Å². The molecule has 0 aliphatic carbocycles. The van der Waals surface area contributed by atoms with Gasteiger partial charge in [-0.1, -0.05) is 35.9 Å². The molecule has 1 saturated heterocycles. The van der Waals surface area contributed by atoms with Gasteiger partial charge in [0.05, 0.1) is 0 Å². The summed E-state index contributed by atoms with van der Waals surface area (Å²) in [6.07, 6.45) is 3.81. The number of halogens is 2. The van der Waals surface area contributed by atoms with Gasteiger partial charge in [-0.15, -0.1) is 24.0 Å². The number of aromatic nitrogens is 1. The third-order valence-electron chi connectivity index (χ3n) is 5.16. The lowest BCUT2D eigenvalue weighted by molar-refractivity contribution is 0.255. The third-order valence-corrected chi connectivity index (χ3v) is 5.38. The number of pyridine rings is 1. The van der Waals surface area contributed by atoms with Crippen molar-refractivity contribution in [2.24, 2.45) is 4.99 Å². The smallest absolute Gasteiger partial charge is 0.190 e. The van der Waals surface area contributed by atoms with E-state index in [-0.39, 0.29) is 24.0 Å². The molecule has 1 aliphatic rings. The number of piperazine rings is 1. The maximum Gasteiger partial charge on any atom is 0.190 e. The van der Waals surface area contributed by atoms with Crippen LogP contribution in [0.1, 0.15) is 12.0 Å². The van der Waals surface area contributed by atoms with Crippen molar-refractivity contribution in [3.05, 3.63) is 59.4 Å². The van der Waals surface area contributed by atoms with E-state index >= 15 is 0 Å². The Morgan fingerprint density at radius 3 is 2.43 bits per heavy atom. The molecule has 1 aromatic carbocycles. The molecule has 1 fully saturated rings. The predicted molar refractivity (Wildman–Crippen MR) is 137 cm³/mol. The first kappa shape index (κ1) is 24.7. The molecule has 30 heavy (non-hydrogen) atoms. The monoisotopic (exact) mass is 542 g/mol. The average Bonchev–Trinajstić information content (AvgIpc) is 2.78. The first-order chi connectivity index (χ1) is 14.2. The van der Waals surface area contributed by atoms with Gasteiger partial charge in [0.2, 0.25) is 0 Å². The number of benzene rings is 1. The minimum absolute atomic E-state index is 0. The van der Waals surface area contributed by atoms with E-state index in [4.69, 9.17) is 11.6 Å². The van der Waals surface area contributed by atoms with Crippen molar-refractivity contribution in [1.82, 2.24) is 20.5 Å². The molecule has 0 bridgehead atoms. The molecule has 164 valence electrons. The van der Waals surface area contributed by atoms with E-state index in [0.29, 0.717) is 5.15 Å². The zero-order chi connectivity index (χ0) is 20.3. The molecule has 0 amide bonds. The molecule has 0 radical (unpaired) electrons. The second kappa shape index (κ2) is 13.7. The fourth-order valence-corrected chi connectivity index (χ4v) is 3.59. The zero-order valence-corrected chi connectivity index (χ0v) is 20.6. The van der Waals surface area contributed by atoms with Crippen molar-refractivity contribution in [2.45, 2.75) is 12.8 Å². The summed E-state index contributed by atoms with van der Waals surface area (Å²) in [5.41, 5.74) is 2.49. The highest BCUT2D eigenvalue weighted by Gasteiger charge is 2.16. The second-order valence-corrected chi connectivity index (χ2v) is 7.57. The molecule has 0 spiro atoms. The molecule has 1 aromatic heterocycles. The van der Waals surface area contributed by atoms with E-state index < -0.39 is 0 Å². The van der Waals surface area contributed by atoms with Crippen LogP contribution >= 0.6 is 35.6 Å². The molecular weight excluding hydrogens is 511 g/mol. The van der Waals surface area contributed by atoms with Gasteiger partial charge in [-0.2, -0.15) is 0 Å². The van der Waals surface area contributed by atoms with Crippen molar-refractivity contribution >= 4 is 47.2 Å². The summed E-state index contributed by atoms with van der Waals surface area (Å²) in [6, 6.07) is 14.5. The standard InChI is InChI=1S/C22H31ClN6.HI/c1-24-22(26-12-10-19-8-9-21(23)27-18-19)25-11-5-13-28-14-16-29(17-15-28)20-6-3-2-4-7-20;/h2-4,6-9,18H,5,10-17H2,1H3,(H2,24,25,26);1H. The van der Waals surface area contributed by atoms with Gasteiger partial charge in [-0.05, 0) is 43.1 Å². The SMILES string of the molecule is CN=C(NCCCN1CCN(c2ccccc2)CC1)NCCc1ccc(Cl)nc1.I. The summed E-state index contributed by atoms with van der Waals surface area (Å²) in [6.45, 7) is 7.28. The minimum atomic E-state index is 0. The number of nitrogens with one attached hydrogen (secondary N) is 2. The van der Waals surface area contributed by atoms with Crippen LogP contribution in [-0.4, -0.2) is 68.7 Å². The second-order valence-electron chi connectivity index (χ2n) is 7.18. The maximum atomic E-state index is 5.82. The van der Waals surface area contributed by atoms with Crippen LogP contribution in [0.5, 0.6) is 0 Å². The van der Waals surface area contributed by atoms with Crippen LogP contribution in [0.2, 0.25) is 5.15 Å². The summed E-state index contributed by atoms with van der Waals surface area (Å²) < 4.78 is 0. The number of rotatable bonds is 8. The molecule has 8 heteroatoms. The van der Waals surface area contributed by atoms with E-state index in [9.17, 15) is 0 Å². The molecule has 0 unspecified atom stereocenters. The number of anilines is 1. The Balaban J connectivity index is 0.00000320. The van der Waals surface area contributed by atoms with Gasteiger partial charge in [-0.25, -0.2) is 4.98 Å². The van der Waals surface area contributed by atoms with Gasteiger partial charge in [-0.3, -0.25) is 9.89 Å². The Morgan fingerprint density at radius 1 is 1.03 bits per heavy atom. The highest BCUT2D eigenvalue weighted by molar-refractivity contribution is 14.0. The molecule has 6 nitrogen and oxygen atoms in total. The number of guanidine groups is 1. The molecule has 1 aliphatic heterocycles. The topological polar surface area (TPSA) is 55.8 Å². The van der Waals surface area contributed by atoms with Crippen LogP contribution in [0.25, 0.3) is 0 Å². The van der Waals surface area contributed by atoms with E-state index in [2.05, 4.69) is 60.7 Å². The van der Waals surface area contributed by atoms with Crippen LogP contribution in [0.15, 0.2) is 53.7 Å². The van der Waals surface area contributed by atoms with Gasteiger partial charge in [0, 0.05) is 58.2 Å². The third kappa shape index (κ3) is 8.28. The lowest BCUT2D eigenvalue weighted by atomic mass is 10.2. The molecule has 2 heterocycles. The molecule has 2 N–H and O–H groups in total. The van der Waals surface area contributed by atoms with Crippen molar-refractivity contribution in [1.29, 1.82) is 0 Å². The zero-order valence-electron chi connectivity index (χ0n) is 17.6. The Morgan fingerprint density at radius 2 is 1.77 bits per heavy atom. The summed E-state index contributed by atoms with van der Waals surface area (Å²) in [5, 5.41) is 7.29. The fourth-order valence-electron chi connectivity index (χ4n) is 3.48. The van der Waals surface area contributed by atoms with Gasteiger partial charge < -0.3 is 15.5 Å². The van der Waals surface area contributed by atoms with Crippen molar-refractivity contribution in [3.63, 3.8) is 0 Å². The van der Waals surface area contributed by atoms with Crippen molar-refractivity contribution < 1.29 is 0 Å². The normalized spacial score (nSPS) is 14.9. The van der Waals surface area contributed by atoms with Crippen molar-refractivity contribution in [3.8, 4) is 0 Å².